The topological polar surface area (TPSA) is 12.0 Å². The van der Waals surface area contributed by atoms with Gasteiger partial charge in [-0.2, -0.15) is 0 Å². The second-order valence-electron chi connectivity index (χ2n) is 3.75. The van der Waals surface area contributed by atoms with Crippen molar-refractivity contribution in [1.82, 2.24) is 5.32 Å². The Kier molecular flexibility index (Phi) is 2.43. The lowest BCUT2D eigenvalue weighted by Gasteiger charge is -2.09. The lowest BCUT2D eigenvalue weighted by atomic mass is 10.0. The minimum absolute atomic E-state index is 0.554. The van der Waals surface area contributed by atoms with E-state index in [0.717, 1.165) is 0 Å². The number of nitrogens with one attached hydrogen (secondary N) is 1. The minimum atomic E-state index is 0.554. The van der Waals surface area contributed by atoms with Gasteiger partial charge < -0.3 is 5.32 Å². The summed E-state index contributed by atoms with van der Waals surface area (Å²) in [6, 6.07) is 7.15. The highest BCUT2D eigenvalue weighted by atomic mass is 79.9. The molecular formula is C11H14BrN. The molecule has 1 nitrogen and oxygen atoms in total. The van der Waals surface area contributed by atoms with Crippen LogP contribution in [0.2, 0.25) is 0 Å². The third-order valence-corrected chi connectivity index (χ3v) is 3.39. The molecule has 2 heteroatoms. The fraction of sp³-hybridized carbons (Fsp3) is 0.455. The van der Waals surface area contributed by atoms with Crippen LogP contribution in [0.25, 0.3) is 0 Å². The summed E-state index contributed by atoms with van der Waals surface area (Å²) in [5.74, 6) is 0.685. The van der Waals surface area contributed by atoms with Gasteiger partial charge in [0.25, 0.3) is 0 Å². The molecule has 0 aliphatic heterocycles. The van der Waals surface area contributed by atoms with Crippen LogP contribution in [0.4, 0.5) is 0 Å². The van der Waals surface area contributed by atoms with E-state index in [4.69, 9.17) is 0 Å². The van der Waals surface area contributed by atoms with Crippen LogP contribution >= 0.6 is 15.9 Å². The molecule has 0 heterocycles. The van der Waals surface area contributed by atoms with Crippen LogP contribution in [0, 0.1) is 0 Å². The lowest BCUT2D eigenvalue weighted by molar-refractivity contribution is 0.553. The fourth-order valence-corrected chi connectivity index (χ4v) is 2.55. The van der Waals surface area contributed by atoms with E-state index in [0.29, 0.717) is 12.0 Å². The van der Waals surface area contributed by atoms with Crippen molar-refractivity contribution in [2.75, 3.05) is 7.05 Å². The predicted molar refractivity (Wildman–Crippen MR) is 59.0 cm³/mol. The first-order valence-electron chi connectivity index (χ1n) is 4.69. The first-order valence-corrected chi connectivity index (χ1v) is 5.48. The summed E-state index contributed by atoms with van der Waals surface area (Å²) in [7, 11) is 2.04. The molecule has 0 amide bonds. The van der Waals surface area contributed by atoms with Crippen molar-refractivity contribution in [2.45, 2.75) is 25.3 Å². The Morgan fingerprint density at radius 3 is 2.85 bits per heavy atom. The minimum Gasteiger partial charge on any atom is -0.313 e. The van der Waals surface area contributed by atoms with E-state index in [-0.39, 0.29) is 0 Å². The van der Waals surface area contributed by atoms with Crippen molar-refractivity contribution >= 4 is 15.9 Å². The first-order chi connectivity index (χ1) is 6.22. The van der Waals surface area contributed by atoms with Gasteiger partial charge in [0, 0.05) is 10.5 Å². The van der Waals surface area contributed by atoms with Gasteiger partial charge in [-0.25, -0.2) is 0 Å². The van der Waals surface area contributed by atoms with Gasteiger partial charge in [-0.05, 0) is 42.6 Å². The molecule has 1 aliphatic rings. The summed E-state index contributed by atoms with van der Waals surface area (Å²) in [6.07, 6.45) is 1.22. The molecule has 1 aliphatic carbocycles. The highest BCUT2D eigenvalue weighted by Crippen LogP contribution is 2.40. The zero-order chi connectivity index (χ0) is 9.42. The average molecular weight is 240 g/mol. The maximum Gasteiger partial charge on any atom is 0.0326 e. The molecule has 0 fully saturated rings. The molecule has 1 aromatic carbocycles. The van der Waals surface area contributed by atoms with E-state index >= 15 is 0 Å². The average Bonchev–Trinajstić information content (AvgIpc) is 2.43. The number of benzene rings is 1. The SMILES string of the molecule is CNC1CC(C)c2cc(Br)ccc21. The number of hydrogen-bond donors (Lipinski definition) is 1. The van der Waals surface area contributed by atoms with Crippen LogP contribution in [0.15, 0.2) is 22.7 Å². The zero-order valence-electron chi connectivity index (χ0n) is 7.97. The Hall–Kier alpha value is -0.340. The molecule has 2 atom stereocenters. The molecule has 0 saturated carbocycles. The van der Waals surface area contributed by atoms with E-state index in [9.17, 15) is 0 Å². The normalized spacial score (nSPS) is 26.1. The van der Waals surface area contributed by atoms with Gasteiger partial charge in [0.2, 0.25) is 0 Å². The molecule has 0 aromatic heterocycles. The largest absolute Gasteiger partial charge is 0.313 e. The van der Waals surface area contributed by atoms with Crippen LogP contribution in [-0.4, -0.2) is 7.05 Å². The predicted octanol–water partition coefficient (Wildman–Crippen LogP) is 3.22. The van der Waals surface area contributed by atoms with Gasteiger partial charge in [-0.3, -0.25) is 0 Å². The number of fused-ring (bicyclic) bond motifs is 1. The second-order valence-corrected chi connectivity index (χ2v) is 4.67. The van der Waals surface area contributed by atoms with Crippen molar-refractivity contribution in [3.63, 3.8) is 0 Å². The van der Waals surface area contributed by atoms with E-state index in [1.807, 2.05) is 7.05 Å². The van der Waals surface area contributed by atoms with E-state index in [1.165, 1.54) is 22.0 Å². The highest BCUT2D eigenvalue weighted by Gasteiger charge is 2.26. The molecule has 2 unspecified atom stereocenters. The zero-order valence-corrected chi connectivity index (χ0v) is 9.56. The molecule has 1 aromatic rings. The quantitative estimate of drug-likeness (QED) is 0.794. The summed E-state index contributed by atoms with van der Waals surface area (Å²) in [6.45, 7) is 2.29. The van der Waals surface area contributed by atoms with Crippen LogP contribution in [0.5, 0.6) is 0 Å². The summed E-state index contributed by atoms with van der Waals surface area (Å²) >= 11 is 3.51. The van der Waals surface area contributed by atoms with Crippen LogP contribution in [0.3, 0.4) is 0 Å². The standard InChI is InChI=1S/C11H14BrN/c1-7-5-11(13-2)9-4-3-8(12)6-10(7)9/h3-4,6-7,11,13H,5H2,1-2H3. The number of rotatable bonds is 1. The van der Waals surface area contributed by atoms with E-state index < -0.39 is 0 Å². The summed E-state index contributed by atoms with van der Waals surface area (Å²) in [5, 5.41) is 3.35. The molecule has 0 spiro atoms. The number of hydrogen-bond acceptors (Lipinski definition) is 1. The van der Waals surface area contributed by atoms with E-state index in [1.54, 1.807) is 0 Å². The maximum absolute atomic E-state index is 3.51. The van der Waals surface area contributed by atoms with Crippen molar-refractivity contribution in [2.24, 2.45) is 0 Å². The molecule has 1 N–H and O–H groups in total. The molecule has 70 valence electrons. The van der Waals surface area contributed by atoms with Gasteiger partial charge in [0.1, 0.15) is 0 Å². The number of halogens is 1. The van der Waals surface area contributed by atoms with E-state index in [2.05, 4.69) is 46.4 Å². The van der Waals surface area contributed by atoms with Gasteiger partial charge in [-0.15, -0.1) is 0 Å². The molecule has 0 saturated heterocycles. The third kappa shape index (κ3) is 1.53. The Bertz CT molecular complexity index is 322. The van der Waals surface area contributed by atoms with Crippen molar-refractivity contribution in [3.8, 4) is 0 Å². The molecule has 0 bridgehead atoms. The Morgan fingerprint density at radius 1 is 1.38 bits per heavy atom. The maximum atomic E-state index is 3.51. The summed E-state index contributed by atoms with van der Waals surface area (Å²) in [5.41, 5.74) is 2.96. The highest BCUT2D eigenvalue weighted by molar-refractivity contribution is 9.10. The molecule has 13 heavy (non-hydrogen) atoms. The van der Waals surface area contributed by atoms with Gasteiger partial charge >= 0.3 is 0 Å². The molecule has 2 rings (SSSR count). The Balaban J connectivity index is 2.46. The monoisotopic (exact) mass is 239 g/mol. The van der Waals surface area contributed by atoms with Crippen molar-refractivity contribution in [1.29, 1.82) is 0 Å². The molecule has 0 radical (unpaired) electrons. The Morgan fingerprint density at radius 2 is 2.15 bits per heavy atom. The van der Waals surface area contributed by atoms with Crippen molar-refractivity contribution in [3.05, 3.63) is 33.8 Å². The van der Waals surface area contributed by atoms with Crippen LogP contribution < -0.4 is 5.32 Å². The van der Waals surface area contributed by atoms with Crippen LogP contribution in [0.1, 0.15) is 36.4 Å². The summed E-state index contributed by atoms with van der Waals surface area (Å²) in [4.78, 5) is 0. The van der Waals surface area contributed by atoms with Gasteiger partial charge in [0.15, 0.2) is 0 Å². The smallest absolute Gasteiger partial charge is 0.0326 e. The lowest BCUT2D eigenvalue weighted by Crippen LogP contribution is -2.12. The first kappa shape index (κ1) is 9.22. The van der Waals surface area contributed by atoms with Crippen molar-refractivity contribution < 1.29 is 0 Å². The third-order valence-electron chi connectivity index (χ3n) is 2.89. The van der Waals surface area contributed by atoms with Gasteiger partial charge in [-0.1, -0.05) is 28.9 Å². The molecular weight excluding hydrogens is 226 g/mol. The Labute approximate surface area is 87.7 Å². The summed E-state index contributed by atoms with van der Waals surface area (Å²) < 4.78 is 1.19. The van der Waals surface area contributed by atoms with Gasteiger partial charge in [0.05, 0.1) is 0 Å². The second kappa shape index (κ2) is 3.43. The van der Waals surface area contributed by atoms with Crippen LogP contribution in [-0.2, 0) is 0 Å². The fourth-order valence-electron chi connectivity index (χ4n) is 2.17.